The lowest BCUT2D eigenvalue weighted by Crippen LogP contribution is -2.70. The summed E-state index contributed by atoms with van der Waals surface area (Å²) in [6, 6.07) is 17.5. The number of nitrogens with zero attached hydrogens (tertiary/aromatic N) is 4. The molecule has 0 aliphatic carbocycles. The largest absolute Gasteiger partial charge is 0.347 e. The Morgan fingerprint density at radius 3 is 2.55 bits per heavy atom. The van der Waals surface area contributed by atoms with Crippen molar-refractivity contribution in [3.63, 3.8) is 0 Å². The van der Waals surface area contributed by atoms with Crippen molar-refractivity contribution in [1.82, 2.24) is 19.6 Å². The molecule has 4 amide bonds. The van der Waals surface area contributed by atoms with Crippen LogP contribution in [0, 0.1) is 19.3 Å². The average Bonchev–Trinajstić information content (AvgIpc) is 2.96. The molecule has 1 spiro atoms. The molecule has 3 aliphatic rings. The van der Waals surface area contributed by atoms with E-state index in [4.69, 9.17) is 4.98 Å². The van der Waals surface area contributed by atoms with Crippen LogP contribution in [0.1, 0.15) is 39.4 Å². The molecular weight excluding hydrogens is 506 g/mol. The number of benzene rings is 2. The Balaban J connectivity index is 1.46. The summed E-state index contributed by atoms with van der Waals surface area (Å²) in [7, 11) is 0. The number of amides is 4. The van der Waals surface area contributed by atoms with E-state index in [1.807, 2.05) is 73.3 Å². The van der Waals surface area contributed by atoms with Crippen LogP contribution in [-0.4, -0.2) is 38.7 Å². The maximum Gasteiger partial charge on any atom is 0.331 e. The van der Waals surface area contributed by atoms with Crippen molar-refractivity contribution in [2.24, 2.45) is 5.41 Å². The number of fused-ring (bicyclic) bond motifs is 7. The maximum absolute atomic E-state index is 14.6. The molecule has 2 aromatic heterocycles. The van der Waals surface area contributed by atoms with Gasteiger partial charge in [-0.2, -0.15) is 0 Å². The highest BCUT2D eigenvalue weighted by molar-refractivity contribution is 6.20. The van der Waals surface area contributed by atoms with E-state index in [9.17, 15) is 19.2 Å². The molecule has 4 aromatic rings. The fourth-order valence-corrected chi connectivity index (χ4v) is 6.54. The van der Waals surface area contributed by atoms with E-state index >= 15 is 0 Å². The van der Waals surface area contributed by atoms with Gasteiger partial charge in [-0.15, -0.1) is 0 Å². The second-order valence-corrected chi connectivity index (χ2v) is 10.9. The van der Waals surface area contributed by atoms with Gasteiger partial charge in [-0.1, -0.05) is 60.2 Å². The van der Waals surface area contributed by atoms with Gasteiger partial charge in [-0.05, 0) is 48.6 Å². The van der Waals surface area contributed by atoms with Crippen molar-refractivity contribution in [3.8, 4) is 0 Å². The highest BCUT2D eigenvalue weighted by Crippen LogP contribution is 2.52. The molecule has 0 radical (unpaired) electrons. The highest BCUT2D eigenvalue weighted by atomic mass is 16.2. The van der Waals surface area contributed by atoms with Crippen molar-refractivity contribution in [2.75, 3.05) is 11.4 Å². The number of nitrogens with one attached hydrogen (secondary N) is 1. The summed E-state index contributed by atoms with van der Waals surface area (Å²) in [5.41, 5.74) is 3.31. The van der Waals surface area contributed by atoms with Crippen LogP contribution < -0.4 is 15.8 Å². The Labute approximate surface area is 230 Å². The topological polar surface area (TPSA) is 104 Å². The van der Waals surface area contributed by atoms with E-state index < -0.39 is 29.3 Å². The van der Waals surface area contributed by atoms with Crippen molar-refractivity contribution in [3.05, 3.63) is 111 Å². The highest BCUT2D eigenvalue weighted by Gasteiger charge is 2.64. The Hall–Kier alpha value is -4.79. The molecule has 40 heavy (non-hydrogen) atoms. The first-order valence-corrected chi connectivity index (χ1v) is 13.4. The van der Waals surface area contributed by atoms with Gasteiger partial charge in [-0.25, -0.2) is 9.78 Å². The monoisotopic (exact) mass is 533 g/mol. The summed E-state index contributed by atoms with van der Waals surface area (Å²) < 4.78 is 1.47. The van der Waals surface area contributed by atoms with Crippen LogP contribution in [0.2, 0.25) is 0 Å². The van der Waals surface area contributed by atoms with Crippen molar-refractivity contribution >= 4 is 29.3 Å². The number of pyridine rings is 1. The smallest absolute Gasteiger partial charge is 0.331 e. The van der Waals surface area contributed by atoms with Gasteiger partial charge in [-0.3, -0.25) is 29.0 Å². The number of urea groups is 1. The number of imide groups is 2. The first-order valence-electron chi connectivity index (χ1n) is 13.4. The number of anilines is 1. The number of aromatic nitrogens is 2. The number of barbiturate groups is 1. The zero-order valence-corrected chi connectivity index (χ0v) is 22.2. The van der Waals surface area contributed by atoms with E-state index in [1.54, 1.807) is 12.3 Å². The van der Waals surface area contributed by atoms with E-state index in [1.165, 1.54) is 4.40 Å². The van der Waals surface area contributed by atoms with Gasteiger partial charge >= 0.3 is 6.03 Å². The first-order chi connectivity index (χ1) is 19.3. The molecule has 200 valence electrons. The van der Waals surface area contributed by atoms with Gasteiger partial charge in [0.1, 0.15) is 11.5 Å². The predicted octanol–water partition coefficient (Wildman–Crippen LogP) is 3.24. The zero-order chi connectivity index (χ0) is 27.8. The SMILES string of the molecule is Cc1ccc(CN2C(=O)NC(=O)[C@]3(Cc4c(nc5c(C)cccn5c4=O)N4CCc5ccccc5[C@H]43)C2=O)cc1. The van der Waals surface area contributed by atoms with Crippen molar-refractivity contribution < 1.29 is 14.4 Å². The van der Waals surface area contributed by atoms with Crippen LogP contribution in [0.3, 0.4) is 0 Å². The standard InChI is InChI=1S/C31H27N5O4/c1-18-9-11-20(12-10-18)17-36-29(39)31(28(38)33-30(36)40)16-23-26(32-25-19(2)6-5-14-35(25)27(23)37)34-15-13-21-7-3-4-8-22(21)24(31)34/h3-12,14,24H,13,15-17H2,1-2H3,(H,33,38,40)/t24-,31+/m0/s1. The van der Waals surface area contributed by atoms with Gasteiger partial charge in [0.25, 0.3) is 5.56 Å². The summed E-state index contributed by atoms with van der Waals surface area (Å²) in [5.74, 6) is -0.798. The minimum absolute atomic E-state index is 0.00927. The summed E-state index contributed by atoms with van der Waals surface area (Å²) in [4.78, 5) is 63.6. The van der Waals surface area contributed by atoms with Gasteiger partial charge in [0.05, 0.1) is 18.2 Å². The molecule has 9 heteroatoms. The molecule has 9 nitrogen and oxygen atoms in total. The fourth-order valence-electron chi connectivity index (χ4n) is 6.54. The van der Waals surface area contributed by atoms with E-state index in [0.717, 1.165) is 32.7 Å². The molecule has 0 unspecified atom stereocenters. The zero-order valence-electron chi connectivity index (χ0n) is 22.2. The molecule has 7 rings (SSSR count). The third-order valence-corrected chi connectivity index (χ3v) is 8.56. The second kappa shape index (κ2) is 8.61. The first kappa shape index (κ1) is 24.3. The summed E-state index contributed by atoms with van der Waals surface area (Å²) in [6.45, 7) is 4.34. The molecule has 5 heterocycles. The summed E-state index contributed by atoms with van der Waals surface area (Å²) >= 11 is 0. The number of carbonyl (C=O) groups excluding carboxylic acids is 3. The molecule has 0 bridgehead atoms. The van der Waals surface area contributed by atoms with Gasteiger partial charge in [0.2, 0.25) is 11.8 Å². The van der Waals surface area contributed by atoms with Crippen LogP contribution in [0.25, 0.3) is 5.65 Å². The maximum atomic E-state index is 14.6. The third-order valence-electron chi connectivity index (χ3n) is 8.56. The number of hydrogen-bond donors (Lipinski definition) is 1. The number of rotatable bonds is 2. The van der Waals surface area contributed by atoms with Crippen LogP contribution in [0.5, 0.6) is 0 Å². The molecule has 2 aromatic carbocycles. The number of carbonyl (C=O) groups is 3. The molecule has 1 fully saturated rings. The summed E-state index contributed by atoms with van der Waals surface area (Å²) in [6.07, 6.45) is 2.15. The Bertz CT molecular complexity index is 1810. The minimum Gasteiger partial charge on any atom is -0.347 e. The Morgan fingerprint density at radius 2 is 1.75 bits per heavy atom. The van der Waals surface area contributed by atoms with Crippen LogP contribution in [0.4, 0.5) is 10.6 Å². The molecule has 1 saturated heterocycles. The lowest BCUT2D eigenvalue weighted by atomic mass is 9.65. The Morgan fingerprint density at radius 1 is 0.975 bits per heavy atom. The summed E-state index contributed by atoms with van der Waals surface area (Å²) in [5, 5.41) is 2.48. The molecule has 0 saturated carbocycles. The van der Waals surface area contributed by atoms with Crippen LogP contribution >= 0.6 is 0 Å². The Kier molecular flexibility index (Phi) is 5.22. The molecule has 1 N–H and O–H groups in total. The predicted molar refractivity (Wildman–Crippen MR) is 148 cm³/mol. The average molecular weight is 534 g/mol. The fraction of sp³-hybridized carbons (Fsp3) is 0.258. The molecule has 2 atom stereocenters. The molecule has 3 aliphatic heterocycles. The van der Waals surface area contributed by atoms with Gasteiger partial charge < -0.3 is 4.90 Å². The van der Waals surface area contributed by atoms with Gasteiger partial charge in [0, 0.05) is 19.2 Å². The minimum atomic E-state index is -1.74. The van der Waals surface area contributed by atoms with Crippen molar-refractivity contribution in [1.29, 1.82) is 0 Å². The normalized spacial score (nSPS) is 21.8. The third kappa shape index (κ3) is 3.30. The lowest BCUT2D eigenvalue weighted by molar-refractivity contribution is -0.154. The van der Waals surface area contributed by atoms with Gasteiger partial charge in [0.15, 0.2) is 5.41 Å². The molecular formula is C31H27N5O4. The van der Waals surface area contributed by atoms with E-state index in [0.29, 0.717) is 30.0 Å². The number of hydrogen-bond acceptors (Lipinski definition) is 6. The quantitative estimate of drug-likeness (QED) is 0.397. The van der Waals surface area contributed by atoms with Crippen LogP contribution in [-0.2, 0) is 29.0 Å². The van der Waals surface area contributed by atoms with Crippen molar-refractivity contribution in [2.45, 2.75) is 39.3 Å². The van der Waals surface area contributed by atoms with E-state index in [2.05, 4.69) is 5.32 Å². The van der Waals surface area contributed by atoms with Crippen LogP contribution in [0.15, 0.2) is 71.7 Å². The number of aryl methyl sites for hydroxylation is 2. The second-order valence-electron chi connectivity index (χ2n) is 10.9. The van der Waals surface area contributed by atoms with E-state index in [-0.39, 0.29) is 18.5 Å². The lowest BCUT2D eigenvalue weighted by Gasteiger charge is -2.53.